The van der Waals surface area contributed by atoms with Gasteiger partial charge in [-0.2, -0.15) is 0 Å². The Labute approximate surface area is 87.6 Å². The fourth-order valence-electron chi connectivity index (χ4n) is 1.44. The van der Waals surface area contributed by atoms with Gasteiger partial charge in [0.2, 0.25) is 0 Å². The van der Waals surface area contributed by atoms with Crippen molar-refractivity contribution in [3.05, 3.63) is 53.9 Å². The Bertz CT molecular complexity index is 483. The standard InChI is InChI=1S/C12H11NO2/c1-9-6-7-13(8-9)11-4-2-10(3-5-11)12(14)15/h2-8H,1H3,(H,14,15). The number of aromatic nitrogens is 1. The lowest BCUT2D eigenvalue weighted by molar-refractivity contribution is 0.0697. The molecule has 0 radical (unpaired) electrons. The maximum absolute atomic E-state index is 10.6. The molecule has 0 bridgehead atoms. The zero-order valence-corrected chi connectivity index (χ0v) is 8.34. The van der Waals surface area contributed by atoms with Crippen LogP contribution in [0.25, 0.3) is 5.69 Å². The quantitative estimate of drug-likeness (QED) is 0.811. The van der Waals surface area contributed by atoms with E-state index in [1.807, 2.05) is 30.0 Å². The Morgan fingerprint density at radius 3 is 2.33 bits per heavy atom. The van der Waals surface area contributed by atoms with E-state index in [0.717, 1.165) is 5.69 Å². The summed E-state index contributed by atoms with van der Waals surface area (Å²) in [5.41, 5.74) is 2.45. The number of hydrogen-bond acceptors (Lipinski definition) is 1. The van der Waals surface area contributed by atoms with Gasteiger partial charge in [0, 0.05) is 18.1 Å². The van der Waals surface area contributed by atoms with Crippen molar-refractivity contribution in [1.82, 2.24) is 4.57 Å². The normalized spacial score (nSPS) is 10.2. The van der Waals surface area contributed by atoms with Crippen LogP contribution in [0.4, 0.5) is 0 Å². The van der Waals surface area contributed by atoms with Crippen LogP contribution < -0.4 is 0 Å². The molecular weight excluding hydrogens is 190 g/mol. The third kappa shape index (κ3) is 1.91. The van der Waals surface area contributed by atoms with Crippen molar-refractivity contribution in [3.63, 3.8) is 0 Å². The van der Waals surface area contributed by atoms with Gasteiger partial charge in [-0.15, -0.1) is 0 Å². The van der Waals surface area contributed by atoms with Crippen LogP contribution in [0.2, 0.25) is 0 Å². The van der Waals surface area contributed by atoms with Crippen LogP contribution in [0.1, 0.15) is 15.9 Å². The third-order valence-corrected chi connectivity index (χ3v) is 2.25. The monoisotopic (exact) mass is 201 g/mol. The molecule has 15 heavy (non-hydrogen) atoms. The Morgan fingerprint density at radius 2 is 1.87 bits per heavy atom. The number of benzene rings is 1. The highest BCUT2D eigenvalue weighted by atomic mass is 16.4. The molecule has 0 amide bonds. The molecule has 1 aromatic carbocycles. The summed E-state index contributed by atoms with van der Waals surface area (Å²) in [4.78, 5) is 10.6. The highest BCUT2D eigenvalue weighted by Gasteiger charge is 2.02. The van der Waals surface area contributed by atoms with E-state index >= 15 is 0 Å². The fourth-order valence-corrected chi connectivity index (χ4v) is 1.44. The van der Waals surface area contributed by atoms with Gasteiger partial charge in [-0.05, 0) is 42.8 Å². The second kappa shape index (κ2) is 3.61. The van der Waals surface area contributed by atoms with Crippen molar-refractivity contribution in [3.8, 4) is 5.69 Å². The molecule has 0 saturated carbocycles. The predicted molar refractivity (Wildman–Crippen MR) is 57.5 cm³/mol. The molecule has 0 saturated heterocycles. The van der Waals surface area contributed by atoms with Crippen LogP contribution in [0.3, 0.4) is 0 Å². The highest BCUT2D eigenvalue weighted by molar-refractivity contribution is 5.87. The molecular formula is C12H11NO2. The van der Waals surface area contributed by atoms with E-state index in [0.29, 0.717) is 5.56 Å². The summed E-state index contributed by atoms with van der Waals surface area (Å²) in [6.45, 7) is 2.02. The van der Waals surface area contributed by atoms with Crippen molar-refractivity contribution >= 4 is 5.97 Å². The largest absolute Gasteiger partial charge is 0.478 e. The summed E-state index contributed by atoms with van der Waals surface area (Å²) in [5, 5.41) is 8.74. The molecule has 0 aliphatic heterocycles. The van der Waals surface area contributed by atoms with Crippen LogP contribution in [0.5, 0.6) is 0 Å². The summed E-state index contributed by atoms with van der Waals surface area (Å²) >= 11 is 0. The molecule has 0 unspecified atom stereocenters. The first-order valence-corrected chi connectivity index (χ1v) is 4.65. The van der Waals surface area contributed by atoms with Gasteiger partial charge in [-0.25, -0.2) is 4.79 Å². The van der Waals surface area contributed by atoms with Crippen LogP contribution in [-0.4, -0.2) is 15.6 Å². The minimum Gasteiger partial charge on any atom is -0.478 e. The van der Waals surface area contributed by atoms with Crippen LogP contribution >= 0.6 is 0 Å². The summed E-state index contributed by atoms with van der Waals surface area (Å²) in [6, 6.07) is 8.80. The molecule has 0 atom stereocenters. The van der Waals surface area contributed by atoms with Gasteiger partial charge in [-0.1, -0.05) is 0 Å². The van der Waals surface area contributed by atoms with E-state index in [1.54, 1.807) is 24.3 Å². The first-order valence-electron chi connectivity index (χ1n) is 4.65. The zero-order valence-electron chi connectivity index (χ0n) is 8.34. The van der Waals surface area contributed by atoms with Gasteiger partial charge in [-0.3, -0.25) is 0 Å². The molecule has 0 aliphatic carbocycles. The molecule has 0 spiro atoms. The lowest BCUT2D eigenvalue weighted by Gasteiger charge is -2.02. The number of carboxylic acids is 1. The van der Waals surface area contributed by atoms with E-state index in [1.165, 1.54) is 5.56 Å². The highest BCUT2D eigenvalue weighted by Crippen LogP contribution is 2.11. The maximum atomic E-state index is 10.6. The molecule has 0 aliphatic rings. The van der Waals surface area contributed by atoms with E-state index in [2.05, 4.69) is 0 Å². The SMILES string of the molecule is Cc1ccn(-c2ccc(C(=O)O)cc2)c1. The van der Waals surface area contributed by atoms with Crippen molar-refractivity contribution in [2.45, 2.75) is 6.92 Å². The van der Waals surface area contributed by atoms with E-state index in [4.69, 9.17) is 5.11 Å². The van der Waals surface area contributed by atoms with Gasteiger partial charge in [0.1, 0.15) is 0 Å². The molecule has 76 valence electrons. The van der Waals surface area contributed by atoms with E-state index < -0.39 is 5.97 Å². The van der Waals surface area contributed by atoms with Crippen LogP contribution in [0.15, 0.2) is 42.7 Å². The van der Waals surface area contributed by atoms with Gasteiger partial charge in [0.25, 0.3) is 0 Å². The fraction of sp³-hybridized carbons (Fsp3) is 0.0833. The van der Waals surface area contributed by atoms with Crippen molar-refractivity contribution < 1.29 is 9.90 Å². The Balaban J connectivity index is 2.35. The molecule has 2 rings (SSSR count). The number of aryl methyl sites for hydroxylation is 1. The molecule has 1 N–H and O–H groups in total. The first kappa shape index (κ1) is 9.52. The molecule has 1 aromatic heterocycles. The number of carbonyl (C=O) groups is 1. The average Bonchev–Trinajstić information content (AvgIpc) is 2.65. The number of hydrogen-bond donors (Lipinski definition) is 1. The summed E-state index contributed by atoms with van der Waals surface area (Å²) in [5.74, 6) is -0.898. The van der Waals surface area contributed by atoms with Gasteiger partial charge in [0.05, 0.1) is 5.56 Å². The number of carboxylic acid groups (broad SMARTS) is 1. The topological polar surface area (TPSA) is 42.2 Å². The predicted octanol–water partition coefficient (Wildman–Crippen LogP) is 2.48. The second-order valence-corrected chi connectivity index (χ2v) is 3.45. The summed E-state index contributed by atoms with van der Waals surface area (Å²) in [7, 11) is 0. The van der Waals surface area contributed by atoms with Crippen LogP contribution in [-0.2, 0) is 0 Å². The molecule has 0 fully saturated rings. The molecule has 3 heteroatoms. The van der Waals surface area contributed by atoms with Crippen molar-refractivity contribution in [2.24, 2.45) is 0 Å². The first-order chi connectivity index (χ1) is 7.16. The Hall–Kier alpha value is -2.03. The Morgan fingerprint density at radius 1 is 1.20 bits per heavy atom. The van der Waals surface area contributed by atoms with Gasteiger partial charge >= 0.3 is 5.97 Å². The minimum atomic E-state index is -0.898. The maximum Gasteiger partial charge on any atom is 0.335 e. The van der Waals surface area contributed by atoms with Gasteiger partial charge in [0.15, 0.2) is 0 Å². The lowest BCUT2D eigenvalue weighted by Crippen LogP contribution is -1.96. The number of rotatable bonds is 2. The zero-order chi connectivity index (χ0) is 10.8. The lowest BCUT2D eigenvalue weighted by atomic mass is 10.2. The molecule has 3 nitrogen and oxygen atoms in total. The number of aromatic carboxylic acids is 1. The summed E-state index contributed by atoms with van der Waals surface area (Å²) in [6.07, 6.45) is 3.95. The van der Waals surface area contributed by atoms with E-state index in [-0.39, 0.29) is 0 Å². The smallest absolute Gasteiger partial charge is 0.335 e. The number of nitrogens with zero attached hydrogens (tertiary/aromatic N) is 1. The van der Waals surface area contributed by atoms with Crippen molar-refractivity contribution in [1.29, 1.82) is 0 Å². The minimum absolute atomic E-state index is 0.308. The van der Waals surface area contributed by atoms with Gasteiger partial charge < -0.3 is 9.67 Å². The second-order valence-electron chi connectivity index (χ2n) is 3.45. The van der Waals surface area contributed by atoms with E-state index in [9.17, 15) is 4.79 Å². The molecule has 2 aromatic rings. The van der Waals surface area contributed by atoms with Crippen molar-refractivity contribution in [2.75, 3.05) is 0 Å². The summed E-state index contributed by atoms with van der Waals surface area (Å²) < 4.78 is 1.96. The van der Waals surface area contributed by atoms with Crippen LogP contribution in [0, 0.1) is 6.92 Å². The average molecular weight is 201 g/mol. The third-order valence-electron chi connectivity index (χ3n) is 2.25. The Kier molecular flexibility index (Phi) is 2.29. The molecule has 1 heterocycles.